The molecule has 0 saturated carbocycles. The van der Waals surface area contributed by atoms with Crippen LogP contribution >= 0.6 is 0 Å². The summed E-state index contributed by atoms with van der Waals surface area (Å²) >= 11 is 0. The summed E-state index contributed by atoms with van der Waals surface area (Å²) < 4.78 is 10.2. The molecule has 41 heavy (non-hydrogen) atoms. The molecule has 224 valence electrons. The van der Waals surface area contributed by atoms with E-state index >= 15 is 0 Å². The first-order valence-electron chi connectivity index (χ1n) is 15.8. The minimum absolute atomic E-state index is 0.301. The van der Waals surface area contributed by atoms with E-state index in [4.69, 9.17) is 9.47 Å². The molecule has 2 aromatic rings. The molecule has 0 amide bonds. The molecule has 4 nitrogen and oxygen atoms in total. The largest absolute Gasteiger partial charge is 0.463 e. The molecule has 0 atom stereocenters. The van der Waals surface area contributed by atoms with Crippen LogP contribution in [0.4, 0.5) is 0 Å². The van der Waals surface area contributed by atoms with Gasteiger partial charge in [0.2, 0.25) is 0 Å². The lowest BCUT2D eigenvalue weighted by molar-refractivity contribution is -0.137. The lowest BCUT2D eigenvalue weighted by Gasteiger charge is -2.07. The molecule has 0 unspecified atom stereocenters. The Labute approximate surface area is 249 Å². The summed E-state index contributed by atoms with van der Waals surface area (Å²) in [4.78, 5) is 22.1. The van der Waals surface area contributed by atoms with Crippen molar-refractivity contribution in [2.75, 3.05) is 6.61 Å². The van der Waals surface area contributed by atoms with E-state index in [2.05, 4.69) is 45.2 Å². The number of benzene rings is 2. The number of hydrogen-bond donors (Lipinski definition) is 0. The second kappa shape index (κ2) is 20.7. The van der Waals surface area contributed by atoms with E-state index in [1.165, 1.54) is 107 Å². The first-order chi connectivity index (χ1) is 20.0. The van der Waals surface area contributed by atoms with Gasteiger partial charge in [0.05, 0.1) is 6.61 Å². The fourth-order valence-electron chi connectivity index (χ4n) is 5.20. The van der Waals surface area contributed by atoms with Gasteiger partial charge in [0.1, 0.15) is 5.75 Å². The molecule has 1 aliphatic carbocycles. The van der Waals surface area contributed by atoms with Crippen LogP contribution in [0.5, 0.6) is 5.75 Å². The van der Waals surface area contributed by atoms with Gasteiger partial charge in [0.25, 0.3) is 0 Å². The smallest absolute Gasteiger partial charge is 0.335 e. The molecular weight excluding hydrogens is 508 g/mol. The van der Waals surface area contributed by atoms with Crippen LogP contribution in [0.2, 0.25) is 0 Å². The lowest BCUT2D eigenvalue weighted by atomic mass is 10.0. The van der Waals surface area contributed by atoms with Crippen molar-refractivity contribution >= 4 is 11.9 Å². The van der Waals surface area contributed by atoms with Crippen LogP contribution in [0.15, 0.2) is 67.8 Å². The molecule has 4 heteroatoms. The van der Waals surface area contributed by atoms with Crippen molar-refractivity contribution in [3.05, 3.63) is 78.9 Å². The Morgan fingerprint density at radius 1 is 0.707 bits per heavy atom. The molecule has 0 aromatic heterocycles. The third-order valence-corrected chi connectivity index (χ3v) is 7.52. The Hall–Kier alpha value is -3.14. The van der Waals surface area contributed by atoms with Crippen molar-refractivity contribution in [3.63, 3.8) is 0 Å². The minimum Gasteiger partial charge on any atom is -0.463 e. The summed E-state index contributed by atoms with van der Waals surface area (Å²) in [5.41, 5.74) is 4.73. The van der Waals surface area contributed by atoms with Gasteiger partial charge in [-0.1, -0.05) is 147 Å². The number of esters is 2. The maximum absolute atomic E-state index is 11.3. The minimum atomic E-state index is -0.417. The second-order valence-electron chi connectivity index (χ2n) is 11.4. The summed E-state index contributed by atoms with van der Waals surface area (Å²) in [6.45, 7) is 12.0. The maximum atomic E-state index is 11.3. The van der Waals surface area contributed by atoms with Crippen molar-refractivity contribution in [3.8, 4) is 16.9 Å². The van der Waals surface area contributed by atoms with Crippen LogP contribution in [-0.2, 0) is 20.7 Å². The van der Waals surface area contributed by atoms with Crippen LogP contribution in [0, 0.1) is 5.92 Å². The summed E-state index contributed by atoms with van der Waals surface area (Å²) in [7, 11) is 0. The predicted molar refractivity (Wildman–Crippen MR) is 171 cm³/mol. The number of carbonyl (C=O) groups excluding carboxylic acids is 2. The van der Waals surface area contributed by atoms with E-state index < -0.39 is 5.97 Å². The fraction of sp³-hybridized carbons (Fsp3) is 0.514. The molecular formula is C37H52O4. The van der Waals surface area contributed by atoms with Crippen LogP contribution < -0.4 is 4.74 Å². The van der Waals surface area contributed by atoms with Crippen molar-refractivity contribution < 1.29 is 19.1 Å². The number of carbonyl (C=O) groups is 2. The number of unbranched alkanes of at least 4 members (excludes halogenated alkanes) is 12. The number of fused-ring (bicyclic) bond motifs is 3. The number of rotatable bonds is 19. The SMILES string of the molecule is C=CC(=O)OCCCCCCCCCCCCCCCC(C)C.C=CC(=O)Oc1cccc2c1Cc1ccccc1-2. The molecule has 0 N–H and O–H groups in total. The third-order valence-electron chi connectivity index (χ3n) is 7.52. The Morgan fingerprint density at radius 2 is 1.24 bits per heavy atom. The van der Waals surface area contributed by atoms with Gasteiger partial charge in [0, 0.05) is 24.1 Å². The maximum Gasteiger partial charge on any atom is 0.335 e. The zero-order valence-electron chi connectivity index (χ0n) is 25.6. The monoisotopic (exact) mass is 560 g/mol. The van der Waals surface area contributed by atoms with Crippen molar-refractivity contribution in [2.45, 2.75) is 110 Å². The quantitative estimate of drug-likeness (QED) is 0.0633. The standard InChI is InChI=1S/C21H40O2.C16H12O2/c1-4-21(22)23-19-17-15-13-11-9-7-5-6-8-10-12-14-16-18-20(2)3;1-2-16(17)18-15-9-5-8-13-12-7-4-3-6-11(12)10-14(13)15/h4,20H,1,5-19H2,2-3H3;2-9H,1,10H2. The highest BCUT2D eigenvalue weighted by atomic mass is 16.5. The van der Waals surface area contributed by atoms with Crippen LogP contribution in [0.1, 0.15) is 115 Å². The average Bonchev–Trinajstić information content (AvgIpc) is 3.36. The van der Waals surface area contributed by atoms with Gasteiger partial charge in [-0.25, -0.2) is 9.59 Å². The molecule has 2 aromatic carbocycles. The second-order valence-corrected chi connectivity index (χ2v) is 11.4. The van der Waals surface area contributed by atoms with Crippen molar-refractivity contribution in [1.82, 2.24) is 0 Å². The van der Waals surface area contributed by atoms with E-state index in [9.17, 15) is 9.59 Å². The normalized spacial score (nSPS) is 11.2. The molecule has 0 spiro atoms. The Kier molecular flexibility index (Phi) is 17.2. The van der Waals surface area contributed by atoms with Crippen LogP contribution in [0.25, 0.3) is 11.1 Å². The van der Waals surface area contributed by atoms with Crippen molar-refractivity contribution in [1.29, 1.82) is 0 Å². The van der Waals surface area contributed by atoms with Gasteiger partial charge in [-0.2, -0.15) is 0 Å². The Bertz CT molecular complexity index is 1070. The molecule has 1 aliphatic rings. The number of hydrogen-bond acceptors (Lipinski definition) is 4. The van der Waals surface area contributed by atoms with Gasteiger partial charge in [0.15, 0.2) is 0 Å². The summed E-state index contributed by atoms with van der Waals surface area (Å²) in [5.74, 6) is 0.787. The zero-order chi connectivity index (χ0) is 29.7. The lowest BCUT2D eigenvalue weighted by Crippen LogP contribution is -2.04. The van der Waals surface area contributed by atoms with Gasteiger partial charge in [-0.15, -0.1) is 0 Å². The fourth-order valence-corrected chi connectivity index (χ4v) is 5.20. The topological polar surface area (TPSA) is 52.6 Å². The van der Waals surface area contributed by atoms with E-state index in [0.717, 1.165) is 29.9 Å². The van der Waals surface area contributed by atoms with Gasteiger partial charge < -0.3 is 9.47 Å². The average molecular weight is 561 g/mol. The molecule has 0 radical (unpaired) electrons. The highest BCUT2D eigenvalue weighted by molar-refractivity contribution is 5.85. The highest BCUT2D eigenvalue weighted by Crippen LogP contribution is 2.40. The third kappa shape index (κ3) is 13.9. The van der Waals surface area contributed by atoms with Crippen LogP contribution in [0.3, 0.4) is 0 Å². The Balaban J connectivity index is 0.000000293. The molecule has 0 aliphatic heterocycles. The van der Waals surface area contributed by atoms with E-state index in [0.29, 0.717) is 12.4 Å². The Morgan fingerprint density at radius 3 is 1.83 bits per heavy atom. The molecule has 0 fully saturated rings. The summed E-state index contributed by atoms with van der Waals surface area (Å²) in [6, 6.07) is 14.1. The first-order valence-corrected chi connectivity index (χ1v) is 15.8. The zero-order valence-corrected chi connectivity index (χ0v) is 25.6. The molecule has 3 rings (SSSR count). The summed E-state index contributed by atoms with van der Waals surface area (Å²) in [6.07, 6.45) is 22.1. The first kappa shape index (κ1) is 34.1. The highest BCUT2D eigenvalue weighted by Gasteiger charge is 2.21. The van der Waals surface area contributed by atoms with E-state index in [1.807, 2.05) is 24.3 Å². The van der Waals surface area contributed by atoms with Gasteiger partial charge in [-0.3, -0.25) is 0 Å². The molecule has 0 saturated heterocycles. The van der Waals surface area contributed by atoms with E-state index in [-0.39, 0.29) is 5.97 Å². The predicted octanol–water partition coefficient (Wildman–Crippen LogP) is 10.2. The van der Waals surface area contributed by atoms with Gasteiger partial charge >= 0.3 is 11.9 Å². The van der Waals surface area contributed by atoms with Gasteiger partial charge in [-0.05, 0) is 35.1 Å². The van der Waals surface area contributed by atoms with E-state index in [1.54, 1.807) is 0 Å². The summed E-state index contributed by atoms with van der Waals surface area (Å²) in [5, 5.41) is 0. The molecule has 0 heterocycles. The number of ether oxygens (including phenoxy) is 2. The van der Waals surface area contributed by atoms with Crippen LogP contribution in [-0.4, -0.2) is 18.5 Å². The molecule has 0 bridgehead atoms. The van der Waals surface area contributed by atoms with Crippen molar-refractivity contribution in [2.24, 2.45) is 5.92 Å².